The third-order valence-corrected chi connectivity index (χ3v) is 3.35. The van der Waals surface area contributed by atoms with Crippen LogP contribution in [0.5, 0.6) is 0 Å². The molecule has 0 saturated carbocycles. The molecule has 1 aliphatic heterocycles. The van der Waals surface area contributed by atoms with Crippen molar-refractivity contribution in [2.45, 2.75) is 6.42 Å². The quantitative estimate of drug-likeness (QED) is 0.466. The van der Waals surface area contributed by atoms with Crippen LogP contribution in [0.4, 0.5) is 0 Å². The lowest BCUT2D eigenvalue weighted by atomic mass is 10.3. The van der Waals surface area contributed by atoms with E-state index in [0.717, 1.165) is 32.4 Å². The summed E-state index contributed by atoms with van der Waals surface area (Å²) in [5.41, 5.74) is 0. The van der Waals surface area contributed by atoms with E-state index in [0.29, 0.717) is 26.1 Å². The fourth-order valence-corrected chi connectivity index (χ4v) is 2.22. The van der Waals surface area contributed by atoms with E-state index < -0.39 is 10.0 Å². The van der Waals surface area contributed by atoms with Gasteiger partial charge < -0.3 is 10.6 Å². The zero-order valence-electron chi connectivity index (χ0n) is 10.7. The highest BCUT2D eigenvalue weighted by Gasteiger charge is 2.12. The number of carbonyl (C=O) groups excluding carboxylic acids is 1. The Labute approximate surface area is 108 Å². The third kappa shape index (κ3) is 7.59. The standard InChI is InChI=1S/C10H22N4O3S/c1-18(16,17)13-4-2-3-12-10(15)9-14-7-5-11-6-8-14/h11,13H,2-9H2,1H3,(H,12,15). The van der Waals surface area contributed by atoms with Gasteiger partial charge in [0.05, 0.1) is 12.8 Å². The second kappa shape index (κ2) is 7.67. The van der Waals surface area contributed by atoms with Crippen LogP contribution in [0, 0.1) is 0 Å². The Morgan fingerprint density at radius 1 is 1.28 bits per heavy atom. The first-order chi connectivity index (χ1) is 8.47. The van der Waals surface area contributed by atoms with Crippen molar-refractivity contribution in [1.82, 2.24) is 20.3 Å². The molecular formula is C10H22N4O3S. The van der Waals surface area contributed by atoms with Crippen molar-refractivity contribution in [3.63, 3.8) is 0 Å². The second-order valence-corrected chi connectivity index (χ2v) is 6.23. The van der Waals surface area contributed by atoms with E-state index in [9.17, 15) is 13.2 Å². The van der Waals surface area contributed by atoms with Gasteiger partial charge in [0.2, 0.25) is 15.9 Å². The molecule has 106 valence electrons. The highest BCUT2D eigenvalue weighted by atomic mass is 32.2. The maximum atomic E-state index is 11.6. The fraction of sp³-hybridized carbons (Fsp3) is 0.900. The molecule has 1 aliphatic rings. The Morgan fingerprint density at radius 2 is 1.94 bits per heavy atom. The average molecular weight is 278 g/mol. The Hall–Kier alpha value is -0.700. The first-order valence-electron chi connectivity index (χ1n) is 6.12. The number of piperazine rings is 1. The number of amides is 1. The van der Waals surface area contributed by atoms with Crippen molar-refractivity contribution in [3.05, 3.63) is 0 Å². The molecule has 0 aromatic carbocycles. The lowest BCUT2D eigenvalue weighted by Crippen LogP contribution is -2.47. The van der Waals surface area contributed by atoms with Crippen molar-refractivity contribution < 1.29 is 13.2 Å². The number of hydrogen-bond donors (Lipinski definition) is 3. The van der Waals surface area contributed by atoms with E-state index in [4.69, 9.17) is 0 Å². The highest BCUT2D eigenvalue weighted by Crippen LogP contribution is 1.91. The van der Waals surface area contributed by atoms with Crippen molar-refractivity contribution in [1.29, 1.82) is 0 Å². The molecule has 0 atom stereocenters. The van der Waals surface area contributed by atoms with Gasteiger partial charge in [-0.3, -0.25) is 9.69 Å². The van der Waals surface area contributed by atoms with E-state index >= 15 is 0 Å². The van der Waals surface area contributed by atoms with E-state index in [2.05, 4.69) is 20.3 Å². The summed E-state index contributed by atoms with van der Waals surface area (Å²) in [6.07, 6.45) is 1.72. The van der Waals surface area contributed by atoms with Gasteiger partial charge in [0.25, 0.3) is 0 Å². The van der Waals surface area contributed by atoms with Crippen molar-refractivity contribution in [3.8, 4) is 0 Å². The minimum Gasteiger partial charge on any atom is -0.355 e. The van der Waals surface area contributed by atoms with Crippen LogP contribution in [0.2, 0.25) is 0 Å². The summed E-state index contributed by atoms with van der Waals surface area (Å²) in [5.74, 6) is -0.00347. The molecule has 0 aromatic heterocycles. The van der Waals surface area contributed by atoms with Crippen LogP contribution >= 0.6 is 0 Å². The van der Waals surface area contributed by atoms with Gasteiger partial charge in [-0.15, -0.1) is 0 Å². The number of hydrogen-bond acceptors (Lipinski definition) is 5. The lowest BCUT2D eigenvalue weighted by molar-refractivity contribution is -0.122. The van der Waals surface area contributed by atoms with Crippen molar-refractivity contribution in [2.75, 3.05) is 52.1 Å². The smallest absolute Gasteiger partial charge is 0.234 e. The maximum absolute atomic E-state index is 11.6. The first kappa shape index (κ1) is 15.4. The summed E-state index contributed by atoms with van der Waals surface area (Å²) in [4.78, 5) is 13.7. The zero-order valence-corrected chi connectivity index (χ0v) is 11.6. The third-order valence-electron chi connectivity index (χ3n) is 2.62. The number of nitrogens with zero attached hydrogens (tertiary/aromatic N) is 1. The molecule has 0 aliphatic carbocycles. The van der Waals surface area contributed by atoms with Crippen molar-refractivity contribution >= 4 is 15.9 Å². The zero-order chi connectivity index (χ0) is 13.4. The molecule has 18 heavy (non-hydrogen) atoms. The molecule has 0 spiro atoms. The summed E-state index contributed by atoms with van der Waals surface area (Å²) in [6.45, 7) is 4.89. The van der Waals surface area contributed by atoms with Gasteiger partial charge in [0.15, 0.2) is 0 Å². The average Bonchev–Trinajstić information content (AvgIpc) is 2.28. The van der Waals surface area contributed by atoms with Crippen molar-refractivity contribution in [2.24, 2.45) is 0 Å². The molecular weight excluding hydrogens is 256 g/mol. The molecule has 3 N–H and O–H groups in total. The highest BCUT2D eigenvalue weighted by molar-refractivity contribution is 7.88. The number of nitrogens with one attached hydrogen (secondary N) is 3. The molecule has 7 nitrogen and oxygen atoms in total. The number of carbonyl (C=O) groups is 1. The Morgan fingerprint density at radius 3 is 2.56 bits per heavy atom. The normalized spacial score (nSPS) is 17.6. The van der Waals surface area contributed by atoms with Crippen LogP contribution in [0.25, 0.3) is 0 Å². The Kier molecular flexibility index (Phi) is 6.55. The van der Waals surface area contributed by atoms with Crippen LogP contribution in [0.3, 0.4) is 0 Å². The van der Waals surface area contributed by atoms with Gasteiger partial charge in [-0.2, -0.15) is 0 Å². The first-order valence-corrected chi connectivity index (χ1v) is 8.01. The fourth-order valence-electron chi connectivity index (χ4n) is 1.70. The molecule has 1 heterocycles. The number of sulfonamides is 1. The maximum Gasteiger partial charge on any atom is 0.234 e. The molecule has 0 radical (unpaired) electrons. The van der Waals surface area contributed by atoms with E-state index in [-0.39, 0.29) is 5.91 Å². The Bertz CT molecular complexity index is 352. The second-order valence-electron chi connectivity index (χ2n) is 4.40. The van der Waals surface area contributed by atoms with Crippen LogP contribution < -0.4 is 15.4 Å². The summed E-state index contributed by atoms with van der Waals surface area (Å²) in [7, 11) is -3.13. The largest absolute Gasteiger partial charge is 0.355 e. The minimum atomic E-state index is -3.13. The summed E-state index contributed by atoms with van der Waals surface area (Å²) >= 11 is 0. The van der Waals surface area contributed by atoms with Gasteiger partial charge >= 0.3 is 0 Å². The molecule has 1 saturated heterocycles. The molecule has 0 bridgehead atoms. The Balaban J connectivity index is 2.03. The van der Waals surface area contributed by atoms with Crippen LogP contribution in [0.15, 0.2) is 0 Å². The monoisotopic (exact) mass is 278 g/mol. The predicted octanol–water partition coefficient (Wildman–Crippen LogP) is -2.05. The van der Waals surface area contributed by atoms with Crippen LogP contribution in [0.1, 0.15) is 6.42 Å². The number of rotatable bonds is 7. The van der Waals surface area contributed by atoms with Crippen LogP contribution in [-0.4, -0.2) is 71.3 Å². The topological polar surface area (TPSA) is 90.5 Å². The molecule has 0 aromatic rings. The van der Waals surface area contributed by atoms with Gasteiger partial charge in [-0.05, 0) is 6.42 Å². The lowest BCUT2D eigenvalue weighted by Gasteiger charge is -2.26. The van der Waals surface area contributed by atoms with Gasteiger partial charge in [-0.25, -0.2) is 13.1 Å². The molecule has 1 fully saturated rings. The predicted molar refractivity (Wildman–Crippen MR) is 69.8 cm³/mol. The van der Waals surface area contributed by atoms with E-state index in [1.165, 1.54) is 0 Å². The van der Waals surface area contributed by atoms with Gasteiger partial charge in [0, 0.05) is 39.3 Å². The molecule has 1 amide bonds. The molecule has 8 heteroatoms. The van der Waals surface area contributed by atoms with Crippen LogP contribution in [-0.2, 0) is 14.8 Å². The summed E-state index contributed by atoms with van der Waals surface area (Å²) in [5, 5.41) is 6.00. The van der Waals surface area contributed by atoms with E-state index in [1.54, 1.807) is 0 Å². The molecule has 0 unspecified atom stereocenters. The minimum absolute atomic E-state index is 0.00347. The summed E-state index contributed by atoms with van der Waals surface area (Å²) < 4.78 is 23.9. The van der Waals surface area contributed by atoms with Gasteiger partial charge in [-0.1, -0.05) is 0 Å². The molecule has 1 rings (SSSR count). The summed E-state index contributed by atoms with van der Waals surface area (Å²) in [6, 6.07) is 0. The van der Waals surface area contributed by atoms with Gasteiger partial charge in [0.1, 0.15) is 0 Å². The SMILES string of the molecule is CS(=O)(=O)NCCCNC(=O)CN1CCNCC1. The van der Waals surface area contributed by atoms with E-state index in [1.807, 2.05) is 0 Å².